The Labute approximate surface area is 373 Å². The summed E-state index contributed by atoms with van der Waals surface area (Å²) in [5.41, 5.74) is 0. The van der Waals surface area contributed by atoms with E-state index in [0.717, 1.165) is 103 Å². The number of amides is 1. The lowest BCUT2D eigenvalue weighted by atomic mass is 10.0. The second-order valence-corrected chi connectivity index (χ2v) is 18.3. The van der Waals surface area contributed by atoms with Gasteiger partial charge in [0.25, 0.3) is 0 Å². The normalized spacial score (nSPS) is 15.6. The number of likely N-dealkylation sites (N-methyl/N-ethyl adjacent to an activating group) is 1. The number of hydrogen-bond donors (Lipinski definition) is 4. The molecule has 4 unspecified atom stereocenters. The fourth-order valence-corrected chi connectivity index (χ4v) is 6.84. The number of carbonyl (C=O) groups is 1. The average molecular weight is 874 g/mol. The molecule has 0 fully saturated rings. The second-order valence-electron chi connectivity index (χ2n) is 16.9. The van der Waals surface area contributed by atoms with Crippen molar-refractivity contribution in [1.29, 1.82) is 0 Å². The Morgan fingerprint density at radius 2 is 1.03 bits per heavy atom. The molecular weight excluding hydrogens is 784 g/mol. The summed E-state index contributed by atoms with van der Waals surface area (Å²) >= 11 is 0. The van der Waals surface area contributed by atoms with E-state index < -0.39 is 32.7 Å². The van der Waals surface area contributed by atoms with E-state index in [4.69, 9.17) is 9.05 Å². The minimum absolute atomic E-state index is 0.00472. The maximum absolute atomic E-state index is 12.9. The summed E-state index contributed by atoms with van der Waals surface area (Å²) in [6.07, 6.45) is 54.7. The van der Waals surface area contributed by atoms with Crippen molar-refractivity contribution in [3.05, 3.63) is 97.2 Å². The van der Waals surface area contributed by atoms with Gasteiger partial charge in [0, 0.05) is 6.42 Å². The van der Waals surface area contributed by atoms with Crippen molar-refractivity contribution in [1.82, 2.24) is 5.32 Å². The zero-order valence-corrected chi connectivity index (χ0v) is 40.1. The minimum atomic E-state index is -4.44. The third kappa shape index (κ3) is 42.5. The maximum Gasteiger partial charge on any atom is 0.472 e. The molecule has 0 aliphatic rings. The molecule has 0 saturated carbocycles. The van der Waals surface area contributed by atoms with Gasteiger partial charge in [-0.15, -0.1) is 0 Å². The van der Waals surface area contributed by atoms with E-state index in [1.54, 1.807) is 0 Å². The lowest BCUT2D eigenvalue weighted by Crippen LogP contribution is -2.51. The number of quaternary nitrogens is 1. The van der Waals surface area contributed by atoms with Gasteiger partial charge in [0.1, 0.15) is 19.3 Å². The highest BCUT2D eigenvalue weighted by atomic mass is 31.2. The smallest absolute Gasteiger partial charge is 0.390 e. The highest BCUT2D eigenvalue weighted by molar-refractivity contribution is 7.47. The number of aliphatic hydroxyl groups excluding tert-OH is 2. The van der Waals surface area contributed by atoms with Crippen molar-refractivity contribution in [3.8, 4) is 0 Å². The van der Waals surface area contributed by atoms with E-state index in [9.17, 15) is 24.5 Å². The van der Waals surface area contributed by atoms with Crippen molar-refractivity contribution >= 4 is 13.7 Å². The van der Waals surface area contributed by atoms with Gasteiger partial charge in [-0.2, -0.15) is 0 Å². The Hall–Kier alpha value is -2.62. The van der Waals surface area contributed by atoms with E-state index in [-0.39, 0.29) is 18.9 Å². The van der Waals surface area contributed by atoms with E-state index >= 15 is 0 Å². The molecule has 0 rings (SSSR count). The lowest BCUT2D eigenvalue weighted by molar-refractivity contribution is -0.870. The van der Waals surface area contributed by atoms with Gasteiger partial charge in [0.15, 0.2) is 0 Å². The van der Waals surface area contributed by atoms with Gasteiger partial charge in [-0.25, -0.2) is 4.57 Å². The molecule has 9 nitrogen and oxygen atoms in total. The summed E-state index contributed by atoms with van der Waals surface area (Å²) in [4.78, 5) is 23.2. The molecule has 0 spiro atoms. The summed E-state index contributed by atoms with van der Waals surface area (Å²) in [7, 11) is 1.38. The number of allylic oxidation sites excluding steroid dienone is 16. The molecule has 0 aliphatic heterocycles. The van der Waals surface area contributed by atoms with Gasteiger partial charge < -0.3 is 24.9 Å². The zero-order valence-electron chi connectivity index (χ0n) is 39.2. The van der Waals surface area contributed by atoms with Crippen LogP contribution in [0.4, 0.5) is 0 Å². The number of nitrogens with one attached hydrogen (secondary N) is 1. The fourth-order valence-electron chi connectivity index (χ4n) is 6.10. The first kappa shape index (κ1) is 58.4. The molecule has 0 bridgehead atoms. The molecule has 0 heterocycles. The number of phosphoric acid groups is 1. The predicted molar refractivity (Wildman–Crippen MR) is 259 cm³/mol. The summed E-state index contributed by atoms with van der Waals surface area (Å²) in [6.45, 7) is 4.39. The third-order valence-electron chi connectivity index (χ3n) is 9.89. The Balaban J connectivity index is 4.48. The molecule has 0 aliphatic carbocycles. The summed E-state index contributed by atoms with van der Waals surface area (Å²) in [5.74, 6) is -0.293. The SMILES string of the molecule is CC/C=C\C/C=C\C/C=C\C/C=C\C/C=C\C/C=C\CCCCCCCCC(=O)NC(COP(=O)(O)OCC[N+](C)(C)C)C(O)C(O)CCC/C=C/CC/C=C/CCCCC. The summed E-state index contributed by atoms with van der Waals surface area (Å²) < 4.78 is 23.5. The number of aliphatic hydroxyl groups is 2. The topological polar surface area (TPSA) is 125 Å². The Morgan fingerprint density at radius 3 is 1.56 bits per heavy atom. The number of carbonyl (C=O) groups excluding carboxylic acids is 1. The lowest BCUT2D eigenvalue weighted by Gasteiger charge is -2.28. The minimum Gasteiger partial charge on any atom is -0.390 e. The molecule has 61 heavy (non-hydrogen) atoms. The van der Waals surface area contributed by atoms with Crippen LogP contribution in [0.15, 0.2) is 97.2 Å². The van der Waals surface area contributed by atoms with Crippen LogP contribution in [0.3, 0.4) is 0 Å². The van der Waals surface area contributed by atoms with Crippen LogP contribution in [0.25, 0.3) is 0 Å². The van der Waals surface area contributed by atoms with Gasteiger partial charge in [-0.1, -0.05) is 150 Å². The highest BCUT2D eigenvalue weighted by Crippen LogP contribution is 2.43. The molecule has 4 atom stereocenters. The largest absolute Gasteiger partial charge is 0.472 e. The van der Waals surface area contributed by atoms with Crippen LogP contribution in [0, 0.1) is 0 Å². The van der Waals surface area contributed by atoms with Crippen LogP contribution in [-0.2, 0) is 18.4 Å². The quantitative estimate of drug-likeness (QED) is 0.0209. The van der Waals surface area contributed by atoms with Crippen molar-refractivity contribution in [3.63, 3.8) is 0 Å². The standard InChI is InChI=1S/C51H89N2O7P/c1-6-8-10-12-14-16-18-20-21-22-23-24-25-26-27-28-29-30-31-32-34-36-38-40-42-44-50(55)52-48(47-60-61(57,58)59-46-45-53(3,4)5)51(56)49(54)43-41-39-37-35-33-19-17-15-13-11-9-7-2/h8,10,14-17,20-21,23-24,26-27,29-30,35,37,48-49,51,54,56H,6-7,9,11-13,18-19,22,25,28,31-34,36,38-47H2,1-5H3,(H-,52,55,57,58)/p+1/b10-8-,16-14-,17-15+,21-20-,24-23-,27-26-,30-29-,37-35+. The van der Waals surface area contributed by atoms with E-state index in [0.29, 0.717) is 30.3 Å². The first-order valence-electron chi connectivity index (χ1n) is 23.7. The molecule has 4 N–H and O–H groups in total. The van der Waals surface area contributed by atoms with Crippen LogP contribution < -0.4 is 5.32 Å². The molecule has 0 aromatic rings. The molecular formula is C51H90N2O7P+. The van der Waals surface area contributed by atoms with Crippen LogP contribution in [0.5, 0.6) is 0 Å². The van der Waals surface area contributed by atoms with E-state index in [1.165, 1.54) is 19.3 Å². The van der Waals surface area contributed by atoms with Crippen molar-refractivity contribution in [2.24, 2.45) is 0 Å². The summed E-state index contributed by atoms with van der Waals surface area (Å²) in [5, 5.41) is 24.6. The molecule has 0 aromatic carbocycles. The van der Waals surface area contributed by atoms with Crippen molar-refractivity contribution in [2.75, 3.05) is 40.9 Å². The number of hydrogen-bond acceptors (Lipinski definition) is 6. The molecule has 0 aromatic heterocycles. The van der Waals surface area contributed by atoms with Gasteiger partial charge in [-0.05, 0) is 103 Å². The van der Waals surface area contributed by atoms with E-state index in [1.807, 2.05) is 21.1 Å². The van der Waals surface area contributed by atoms with Crippen LogP contribution in [0.1, 0.15) is 162 Å². The average Bonchev–Trinajstić information content (AvgIpc) is 3.21. The van der Waals surface area contributed by atoms with Crippen molar-refractivity contribution in [2.45, 2.75) is 180 Å². The highest BCUT2D eigenvalue weighted by Gasteiger charge is 2.31. The number of nitrogens with zero attached hydrogens (tertiary/aromatic N) is 1. The number of unbranched alkanes of at least 4 members (excludes halogenated alkanes) is 11. The third-order valence-corrected chi connectivity index (χ3v) is 10.9. The van der Waals surface area contributed by atoms with Crippen LogP contribution in [0.2, 0.25) is 0 Å². The molecule has 350 valence electrons. The zero-order chi connectivity index (χ0) is 45.1. The Bertz CT molecular complexity index is 1330. The number of phosphoric ester groups is 1. The van der Waals surface area contributed by atoms with E-state index in [2.05, 4.69) is 116 Å². The van der Waals surface area contributed by atoms with Gasteiger partial charge in [0.2, 0.25) is 5.91 Å². The Morgan fingerprint density at radius 1 is 0.590 bits per heavy atom. The van der Waals surface area contributed by atoms with Gasteiger partial charge >= 0.3 is 7.82 Å². The molecule has 1 amide bonds. The first-order chi connectivity index (χ1) is 29.4. The summed E-state index contributed by atoms with van der Waals surface area (Å²) in [6, 6.07) is -1.07. The maximum atomic E-state index is 12.9. The van der Waals surface area contributed by atoms with Gasteiger partial charge in [0.05, 0.1) is 39.9 Å². The fraction of sp³-hybridized carbons (Fsp3) is 0.667. The van der Waals surface area contributed by atoms with Gasteiger partial charge in [-0.3, -0.25) is 13.8 Å². The monoisotopic (exact) mass is 874 g/mol. The van der Waals surface area contributed by atoms with Crippen LogP contribution in [-0.4, -0.2) is 84.6 Å². The number of rotatable bonds is 41. The second kappa shape index (κ2) is 41.4. The Kier molecular flexibility index (Phi) is 39.6. The van der Waals surface area contributed by atoms with Crippen molar-refractivity contribution < 1.29 is 38.0 Å². The molecule has 10 heteroatoms. The first-order valence-corrected chi connectivity index (χ1v) is 25.2. The molecule has 0 radical (unpaired) electrons. The van der Waals surface area contributed by atoms with Crippen LogP contribution >= 0.6 is 7.82 Å². The molecule has 0 saturated heterocycles. The predicted octanol–water partition coefficient (Wildman–Crippen LogP) is 12.5.